The van der Waals surface area contributed by atoms with E-state index in [0.717, 1.165) is 5.69 Å². The number of nitrogens with one attached hydrogen (secondary N) is 1. The second kappa shape index (κ2) is 7.99. The van der Waals surface area contributed by atoms with Gasteiger partial charge in [0.25, 0.3) is 5.69 Å². The van der Waals surface area contributed by atoms with Crippen LogP contribution in [0, 0.1) is 10.1 Å². The Balaban J connectivity index is 2.20. The normalized spacial score (nSPS) is 10.7. The molecule has 0 saturated heterocycles. The van der Waals surface area contributed by atoms with Gasteiger partial charge in [-0.1, -0.05) is 6.07 Å². The Labute approximate surface area is 161 Å². The van der Waals surface area contributed by atoms with Crippen LogP contribution < -0.4 is 10.1 Å². The van der Waals surface area contributed by atoms with Crippen molar-refractivity contribution in [2.24, 2.45) is 0 Å². The molecule has 2 aromatic carbocycles. The summed E-state index contributed by atoms with van der Waals surface area (Å²) in [6.45, 7) is 4.16. The summed E-state index contributed by atoms with van der Waals surface area (Å²) in [5.41, 5.74) is 2.00. The number of aromatic nitrogens is 1. The third kappa shape index (κ3) is 3.48. The van der Waals surface area contributed by atoms with Gasteiger partial charge in [-0.2, -0.15) is 0 Å². The third-order valence-corrected chi connectivity index (χ3v) is 4.38. The fourth-order valence-corrected chi connectivity index (χ4v) is 3.18. The van der Waals surface area contributed by atoms with Crippen molar-refractivity contribution < 1.29 is 19.2 Å². The van der Waals surface area contributed by atoms with E-state index in [9.17, 15) is 14.9 Å². The molecule has 0 radical (unpaired) electrons. The fourth-order valence-electron chi connectivity index (χ4n) is 3.18. The van der Waals surface area contributed by atoms with Crippen molar-refractivity contribution in [1.29, 1.82) is 0 Å². The third-order valence-electron chi connectivity index (χ3n) is 4.38. The Morgan fingerprint density at radius 2 is 2.00 bits per heavy atom. The number of benzene rings is 2. The first-order chi connectivity index (χ1) is 13.5. The zero-order valence-corrected chi connectivity index (χ0v) is 15.9. The average Bonchev–Trinajstić information content (AvgIpc) is 3.08. The molecule has 0 aliphatic carbocycles. The smallest absolute Gasteiger partial charge is 0.354 e. The number of nitro groups is 1. The highest BCUT2D eigenvalue weighted by atomic mass is 16.6. The number of ether oxygens (including phenoxy) is 2. The molecule has 0 bridgehead atoms. The Bertz CT molecular complexity index is 1040. The predicted octanol–water partition coefficient (Wildman–Crippen LogP) is 4.50. The van der Waals surface area contributed by atoms with E-state index in [-0.39, 0.29) is 18.0 Å². The van der Waals surface area contributed by atoms with E-state index < -0.39 is 10.9 Å². The first-order valence-corrected chi connectivity index (χ1v) is 8.89. The van der Waals surface area contributed by atoms with E-state index in [1.54, 1.807) is 30.7 Å². The quantitative estimate of drug-likeness (QED) is 0.367. The monoisotopic (exact) mass is 383 g/mol. The highest BCUT2D eigenvalue weighted by molar-refractivity contribution is 6.05. The van der Waals surface area contributed by atoms with E-state index in [1.807, 2.05) is 31.2 Å². The molecule has 8 nitrogen and oxygen atoms in total. The lowest BCUT2D eigenvalue weighted by molar-refractivity contribution is -0.383. The predicted molar refractivity (Wildman–Crippen MR) is 106 cm³/mol. The van der Waals surface area contributed by atoms with Crippen molar-refractivity contribution in [3.05, 3.63) is 58.3 Å². The minimum Gasteiger partial charge on any atom is -0.497 e. The van der Waals surface area contributed by atoms with Crippen molar-refractivity contribution in [2.45, 2.75) is 20.4 Å². The van der Waals surface area contributed by atoms with Crippen LogP contribution in [0.5, 0.6) is 5.75 Å². The summed E-state index contributed by atoms with van der Waals surface area (Å²) in [4.78, 5) is 23.5. The summed E-state index contributed by atoms with van der Waals surface area (Å²) < 4.78 is 12.0. The molecule has 0 saturated carbocycles. The highest BCUT2D eigenvalue weighted by Crippen LogP contribution is 2.36. The van der Waals surface area contributed by atoms with Crippen LogP contribution in [0.4, 0.5) is 17.1 Å². The lowest BCUT2D eigenvalue weighted by atomic mass is 10.1. The first-order valence-electron chi connectivity index (χ1n) is 8.89. The molecular weight excluding hydrogens is 362 g/mol. The zero-order valence-electron chi connectivity index (χ0n) is 15.9. The van der Waals surface area contributed by atoms with Gasteiger partial charge in [0.1, 0.15) is 17.0 Å². The summed E-state index contributed by atoms with van der Waals surface area (Å²) in [7, 11) is 1.58. The van der Waals surface area contributed by atoms with Crippen molar-refractivity contribution in [3.63, 3.8) is 0 Å². The summed E-state index contributed by atoms with van der Waals surface area (Å²) in [5.74, 6) is 0.170. The molecule has 0 spiro atoms. The SMILES string of the molecule is CCOC(=O)c1cc2c(Nc3cccc(OC)c3)ccc([N+](=O)[O-])c2n1CC. The number of aryl methyl sites for hydroxylation is 1. The molecule has 146 valence electrons. The van der Waals surface area contributed by atoms with Crippen molar-refractivity contribution in [1.82, 2.24) is 4.57 Å². The minimum absolute atomic E-state index is 0.0661. The zero-order chi connectivity index (χ0) is 20.3. The maximum absolute atomic E-state index is 12.4. The number of fused-ring (bicyclic) bond motifs is 1. The molecule has 0 aliphatic rings. The molecule has 0 unspecified atom stereocenters. The van der Waals surface area contributed by atoms with Gasteiger partial charge in [0.15, 0.2) is 0 Å². The number of hydrogen-bond donors (Lipinski definition) is 1. The molecule has 0 amide bonds. The standard InChI is InChI=1S/C20H21N3O5/c1-4-22-18(20(24)28-5-2)12-15-16(9-10-17(19(15)22)23(25)26)21-13-7-6-8-14(11-13)27-3/h6-12,21H,4-5H2,1-3H3. The van der Waals surface area contributed by atoms with Gasteiger partial charge in [-0.05, 0) is 38.1 Å². The fraction of sp³-hybridized carbons (Fsp3) is 0.250. The number of carbonyl (C=O) groups excluding carboxylic acids is 1. The van der Waals surface area contributed by atoms with Crippen LogP contribution in [-0.4, -0.2) is 29.2 Å². The number of methoxy groups -OCH3 is 1. The van der Waals surface area contributed by atoms with E-state index in [4.69, 9.17) is 9.47 Å². The largest absolute Gasteiger partial charge is 0.497 e. The van der Waals surface area contributed by atoms with E-state index >= 15 is 0 Å². The number of esters is 1. The molecule has 3 aromatic rings. The second-order valence-corrected chi connectivity index (χ2v) is 6.00. The Morgan fingerprint density at radius 3 is 2.64 bits per heavy atom. The van der Waals surface area contributed by atoms with Crippen molar-refractivity contribution in [2.75, 3.05) is 19.0 Å². The van der Waals surface area contributed by atoms with Crippen molar-refractivity contribution >= 4 is 33.9 Å². The number of hydrogen-bond acceptors (Lipinski definition) is 6. The topological polar surface area (TPSA) is 95.6 Å². The maximum Gasteiger partial charge on any atom is 0.354 e. The Morgan fingerprint density at radius 1 is 1.21 bits per heavy atom. The van der Waals surface area contributed by atoms with Gasteiger partial charge in [0.2, 0.25) is 0 Å². The van der Waals surface area contributed by atoms with Crippen LogP contribution in [-0.2, 0) is 11.3 Å². The summed E-state index contributed by atoms with van der Waals surface area (Å²) in [6.07, 6.45) is 0. The van der Waals surface area contributed by atoms with E-state index in [0.29, 0.717) is 28.9 Å². The molecule has 0 aliphatic heterocycles. The van der Waals surface area contributed by atoms with Gasteiger partial charge in [-0.25, -0.2) is 4.79 Å². The van der Waals surface area contributed by atoms with Gasteiger partial charge >= 0.3 is 5.97 Å². The molecule has 28 heavy (non-hydrogen) atoms. The van der Waals surface area contributed by atoms with Crippen LogP contribution in [0.25, 0.3) is 10.9 Å². The first kappa shape index (κ1) is 19.2. The lowest BCUT2D eigenvalue weighted by Crippen LogP contribution is -2.11. The molecule has 1 heterocycles. The summed E-state index contributed by atoms with van der Waals surface area (Å²) in [6, 6.07) is 12.0. The molecular formula is C20H21N3O5. The van der Waals surface area contributed by atoms with Crippen LogP contribution in [0.1, 0.15) is 24.3 Å². The lowest BCUT2D eigenvalue weighted by Gasteiger charge is -2.11. The Hall–Kier alpha value is -3.55. The summed E-state index contributed by atoms with van der Waals surface area (Å²) in [5, 5.41) is 15.4. The molecule has 0 atom stereocenters. The van der Waals surface area contributed by atoms with Gasteiger partial charge < -0.3 is 19.4 Å². The van der Waals surface area contributed by atoms with Crippen LogP contribution in [0.15, 0.2) is 42.5 Å². The van der Waals surface area contributed by atoms with Crippen LogP contribution in [0.2, 0.25) is 0 Å². The number of rotatable bonds is 7. The minimum atomic E-state index is -0.512. The van der Waals surface area contributed by atoms with Gasteiger partial charge in [-0.3, -0.25) is 10.1 Å². The highest BCUT2D eigenvalue weighted by Gasteiger charge is 2.24. The van der Waals surface area contributed by atoms with Crippen LogP contribution in [0.3, 0.4) is 0 Å². The molecule has 1 aromatic heterocycles. The maximum atomic E-state index is 12.4. The van der Waals surface area contributed by atoms with E-state index in [1.165, 1.54) is 6.07 Å². The van der Waals surface area contributed by atoms with Gasteiger partial charge in [0.05, 0.1) is 18.6 Å². The number of anilines is 2. The number of carbonyl (C=O) groups is 1. The molecule has 8 heteroatoms. The van der Waals surface area contributed by atoms with Crippen LogP contribution >= 0.6 is 0 Å². The summed E-state index contributed by atoms with van der Waals surface area (Å²) >= 11 is 0. The van der Waals surface area contributed by atoms with Gasteiger partial charge in [0, 0.05) is 35.4 Å². The van der Waals surface area contributed by atoms with Crippen molar-refractivity contribution in [3.8, 4) is 5.75 Å². The average molecular weight is 383 g/mol. The molecule has 3 rings (SSSR count). The number of non-ortho nitro benzene ring substituents is 1. The Kier molecular flexibility index (Phi) is 5.49. The second-order valence-electron chi connectivity index (χ2n) is 6.00. The number of nitrogens with zero attached hydrogens (tertiary/aromatic N) is 2. The van der Waals surface area contributed by atoms with E-state index in [2.05, 4.69) is 5.32 Å². The molecule has 0 fully saturated rings. The van der Waals surface area contributed by atoms with Gasteiger partial charge in [-0.15, -0.1) is 0 Å². The molecule has 1 N–H and O–H groups in total. The number of nitro benzene ring substituents is 1.